The second-order valence-corrected chi connectivity index (χ2v) is 6.76. The van der Waals surface area contributed by atoms with Crippen molar-refractivity contribution >= 4 is 31.6 Å². The number of pyridine rings is 1. The Kier molecular flexibility index (Phi) is 4.42. The molecule has 3 N–H and O–H groups in total. The van der Waals surface area contributed by atoms with Crippen LogP contribution in [0, 0.1) is 6.92 Å². The fourth-order valence-corrected chi connectivity index (χ4v) is 2.91. The number of halogens is 1. The van der Waals surface area contributed by atoms with E-state index in [4.69, 9.17) is 5.73 Å². The maximum absolute atomic E-state index is 12.2. The molecule has 106 valence electrons. The molecule has 1 aromatic heterocycles. The number of rotatable bonds is 4. The van der Waals surface area contributed by atoms with Crippen molar-refractivity contribution in [1.82, 2.24) is 4.98 Å². The molecular formula is C13H14BrN3O2S. The summed E-state index contributed by atoms with van der Waals surface area (Å²) in [6, 6.07) is 8.32. The van der Waals surface area contributed by atoms with Crippen molar-refractivity contribution in [3.63, 3.8) is 0 Å². The quantitative estimate of drug-likeness (QED) is 0.881. The molecule has 0 unspecified atom stereocenters. The summed E-state index contributed by atoms with van der Waals surface area (Å²) in [5.74, 6) is 0. The third kappa shape index (κ3) is 3.36. The van der Waals surface area contributed by atoms with Crippen LogP contribution in [0.5, 0.6) is 0 Å². The zero-order chi connectivity index (χ0) is 14.8. The van der Waals surface area contributed by atoms with Gasteiger partial charge < -0.3 is 5.73 Å². The molecule has 0 aliphatic rings. The molecule has 0 spiro atoms. The monoisotopic (exact) mass is 355 g/mol. The second-order valence-electron chi connectivity index (χ2n) is 4.28. The number of aromatic nitrogens is 1. The van der Waals surface area contributed by atoms with Gasteiger partial charge in [-0.25, -0.2) is 4.98 Å². The van der Waals surface area contributed by atoms with Crippen molar-refractivity contribution in [1.29, 1.82) is 0 Å². The van der Waals surface area contributed by atoms with Crippen molar-refractivity contribution in [3.05, 3.63) is 52.1 Å². The van der Waals surface area contributed by atoms with Crippen molar-refractivity contribution < 1.29 is 8.42 Å². The number of hydrogen-bond acceptors (Lipinski definition) is 4. The summed E-state index contributed by atoms with van der Waals surface area (Å²) in [5.41, 5.74) is 7.74. The normalized spacial score (nSPS) is 11.3. The van der Waals surface area contributed by atoms with E-state index in [0.717, 1.165) is 15.6 Å². The van der Waals surface area contributed by atoms with E-state index in [1.54, 1.807) is 18.2 Å². The van der Waals surface area contributed by atoms with Gasteiger partial charge in [0.05, 0.1) is 5.69 Å². The first-order valence-electron chi connectivity index (χ1n) is 5.86. The summed E-state index contributed by atoms with van der Waals surface area (Å²) in [7, 11) is -3.69. The average Bonchev–Trinajstić information content (AvgIpc) is 2.43. The van der Waals surface area contributed by atoms with E-state index in [9.17, 15) is 8.42 Å². The topological polar surface area (TPSA) is 85.1 Å². The predicted molar refractivity (Wildman–Crippen MR) is 81.8 cm³/mol. The van der Waals surface area contributed by atoms with Crippen LogP contribution >= 0.6 is 15.9 Å². The number of nitrogens with one attached hydrogen (secondary N) is 1. The van der Waals surface area contributed by atoms with E-state index in [2.05, 4.69) is 25.6 Å². The molecule has 0 bridgehead atoms. The Morgan fingerprint density at radius 2 is 2.05 bits per heavy atom. The second kappa shape index (κ2) is 5.90. The summed E-state index contributed by atoms with van der Waals surface area (Å²) in [4.78, 5) is 3.92. The fourth-order valence-electron chi connectivity index (χ4n) is 1.55. The van der Waals surface area contributed by atoms with E-state index in [0.29, 0.717) is 12.2 Å². The minimum Gasteiger partial charge on any atom is -0.326 e. The summed E-state index contributed by atoms with van der Waals surface area (Å²) < 4.78 is 27.7. The number of aryl methyl sites for hydroxylation is 1. The van der Waals surface area contributed by atoms with Gasteiger partial charge in [0.1, 0.15) is 0 Å². The van der Waals surface area contributed by atoms with Crippen LogP contribution in [-0.2, 0) is 16.6 Å². The zero-order valence-electron chi connectivity index (χ0n) is 10.8. The highest BCUT2D eigenvalue weighted by molar-refractivity contribution is 9.10. The largest absolute Gasteiger partial charge is 0.326 e. The van der Waals surface area contributed by atoms with Gasteiger partial charge in [-0.1, -0.05) is 28.1 Å². The van der Waals surface area contributed by atoms with Gasteiger partial charge >= 0.3 is 0 Å². The van der Waals surface area contributed by atoms with Gasteiger partial charge in [0, 0.05) is 17.2 Å². The number of nitrogens with zero attached hydrogens (tertiary/aromatic N) is 1. The van der Waals surface area contributed by atoms with Crippen LogP contribution in [0.15, 0.2) is 46.0 Å². The van der Waals surface area contributed by atoms with Gasteiger partial charge in [0.2, 0.25) is 0 Å². The first kappa shape index (κ1) is 15.0. The lowest BCUT2D eigenvalue weighted by Crippen LogP contribution is -2.14. The van der Waals surface area contributed by atoms with Crippen molar-refractivity contribution in [2.24, 2.45) is 5.73 Å². The van der Waals surface area contributed by atoms with Gasteiger partial charge in [-0.05, 0) is 36.2 Å². The summed E-state index contributed by atoms with van der Waals surface area (Å²) >= 11 is 3.36. The molecule has 2 rings (SSSR count). The molecule has 1 aromatic carbocycles. The highest BCUT2D eigenvalue weighted by Gasteiger charge is 2.15. The summed E-state index contributed by atoms with van der Waals surface area (Å²) in [6.07, 6.45) is 1.46. The lowest BCUT2D eigenvalue weighted by atomic mass is 10.2. The maximum atomic E-state index is 12.2. The molecule has 7 heteroatoms. The lowest BCUT2D eigenvalue weighted by molar-refractivity contribution is 0.597. The van der Waals surface area contributed by atoms with E-state index < -0.39 is 10.0 Å². The highest BCUT2D eigenvalue weighted by atomic mass is 79.9. The molecule has 0 saturated carbocycles. The summed E-state index contributed by atoms with van der Waals surface area (Å²) in [6.45, 7) is 2.25. The standard InChI is InChI=1S/C13H14BrN3O2S/c1-9-2-4-11(6-12(9)14)17-20(18,19)13-5-3-10(7-15)8-16-13/h2-6,8,17H,7,15H2,1H3. The molecule has 1 heterocycles. The van der Waals surface area contributed by atoms with Crippen molar-refractivity contribution in [3.8, 4) is 0 Å². The van der Waals surface area contributed by atoms with Crippen LogP contribution in [0.4, 0.5) is 5.69 Å². The number of hydrogen-bond donors (Lipinski definition) is 2. The molecule has 0 radical (unpaired) electrons. The predicted octanol–water partition coefficient (Wildman–Crippen LogP) is 2.41. The lowest BCUT2D eigenvalue weighted by Gasteiger charge is -2.09. The highest BCUT2D eigenvalue weighted by Crippen LogP contribution is 2.22. The molecule has 0 amide bonds. The zero-order valence-corrected chi connectivity index (χ0v) is 13.2. The van der Waals surface area contributed by atoms with E-state index >= 15 is 0 Å². The third-order valence-corrected chi connectivity index (χ3v) is 4.88. The maximum Gasteiger partial charge on any atom is 0.279 e. The first-order chi connectivity index (χ1) is 9.42. The van der Waals surface area contributed by atoms with Gasteiger partial charge in [0.15, 0.2) is 5.03 Å². The first-order valence-corrected chi connectivity index (χ1v) is 8.14. The van der Waals surface area contributed by atoms with Crippen LogP contribution in [-0.4, -0.2) is 13.4 Å². The van der Waals surface area contributed by atoms with Crippen LogP contribution in [0.25, 0.3) is 0 Å². The van der Waals surface area contributed by atoms with E-state index in [1.165, 1.54) is 12.3 Å². The van der Waals surface area contributed by atoms with Gasteiger partial charge in [-0.3, -0.25) is 4.72 Å². The number of sulfonamides is 1. The number of nitrogens with two attached hydrogens (primary N) is 1. The minimum atomic E-state index is -3.69. The summed E-state index contributed by atoms with van der Waals surface area (Å²) in [5, 5.41) is -0.0357. The Labute approximate surface area is 126 Å². The molecule has 5 nitrogen and oxygen atoms in total. The van der Waals surface area contributed by atoms with E-state index in [1.807, 2.05) is 13.0 Å². The molecular weight excluding hydrogens is 342 g/mol. The molecule has 2 aromatic rings. The average molecular weight is 356 g/mol. The fraction of sp³-hybridized carbons (Fsp3) is 0.154. The SMILES string of the molecule is Cc1ccc(NS(=O)(=O)c2ccc(CN)cn2)cc1Br. The molecule has 0 aliphatic heterocycles. The van der Waals surface area contributed by atoms with Gasteiger partial charge in [0.25, 0.3) is 10.0 Å². The number of anilines is 1. The molecule has 0 aliphatic carbocycles. The Morgan fingerprint density at radius 3 is 2.60 bits per heavy atom. The van der Waals surface area contributed by atoms with Crippen molar-refractivity contribution in [2.45, 2.75) is 18.5 Å². The van der Waals surface area contributed by atoms with Crippen molar-refractivity contribution in [2.75, 3.05) is 4.72 Å². The van der Waals surface area contributed by atoms with Gasteiger partial charge in [-0.2, -0.15) is 8.42 Å². The van der Waals surface area contributed by atoms with E-state index in [-0.39, 0.29) is 5.03 Å². The Hall–Kier alpha value is -1.44. The van der Waals surface area contributed by atoms with Crippen LogP contribution in [0.1, 0.15) is 11.1 Å². The van der Waals surface area contributed by atoms with Crippen LogP contribution < -0.4 is 10.5 Å². The Balaban J connectivity index is 2.27. The van der Waals surface area contributed by atoms with Crippen LogP contribution in [0.2, 0.25) is 0 Å². The minimum absolute atomic E-state index is 0.0357. The molecule has 0 atom stereocenters. The molecule has 0 saturated heterocycles. The third-order valence-electron chi connectivity index (χ3n) is 2.73. The number of benzene rings is 1. The van der Waals surface area contributed by atoms with Gasteiger partial charge in [-0.15, -0.1) is 0 Å². The molecule has 20 heavy (non-hydrogen) atoms. The Morgan fingerprint density at radius 1 is 1.30 bits per heavy atom. The Bertz CT molecular complexity index is 715. The molecule has 0 fully saturated rings. The van der Waals surface area contributed by atoms with Crippen LogP contribution in [0.3, 0.4) is 0 Å². The smallest absolute Gasteiger partial charge is 0.279 e.